The fraction of sp³-hybridized carbons (Fsp3) is 0.120. The van der Waals surface area contributed by atoms with Crippen molar-refractivity contribution in [1.82, 2.24) is 9.88 Å². The zero-order chi connectivity index (χ0) is 24.8. The average Bonchev–Trinajstić information content (AvgIpc) is 2.84. The number of methoxy groups -OCH3 is 1. The number of aromatic nitrogens is 1. The van der Waals surface area contributed by atoms with Crippen LogP contribution < -0.4 is 15.4 Å². The van der Waals surface area contributed by atoms with E-state index in [1.165, 1.54) is 19.4 Å². The molecule has 8 nitrogen and oxygen atoms in total. The van der Waals surface area contributed by atoms with E-state index in [2.05, 4.69) is 21.5 Å². The van der Waals surface area contributed by atoms with E-state index in [9.17, 15) is 9.59 Å². The number of benzene rings is 2. The third-order valence-electron chi connectivity index (χ3n) is 4.81. The number of anilines is 2. The lowest BCUT2D eigenvalue weighted by atomic mass is 10.1. The Hall–Kier alpha value is -4.35. The van der Waals surface area contributed by atoms with Gasteiger partial charge in [0, 0.05) is 37.0 Å². The summed E-state index contributed by atoms with van der Waals surface area (Å²) in [6, 6.07) is 12.7. The highest BCUT2D eigenvalue weighted by molar-refractivity contribution is 6.30. The van der Waals surface area contributed by atoms with Crippen LogP contribution >= 0.6 is 11.6 Å². The minimum absolute atomic E-state index is 0.100. The first-order valence-electron chi connectivity index (χ1n) is 10.0. The van der Waals surface area contributed by atoms with Gasteiger partial charge in [0.25, 0.3) is 11.8 Å². The number of nitrogens with one attached hydrogen (secondary N) is 3. The summed E-state index contributed by atoms with van der Waals surface area (Å²) in [5.74, 6) is 2.28. The number of pyridine rings is 1. The molecule has 3 aromatic rings. The normalized spacial score (nSPS) is 10.1. The smallest absolute Gasteiger partial charge is 0.259 e. The number of halogens is 1. The lowest BCUT2D eigenvalue weighted by Crippen LogP contribution is -2.22. The van der Waals surface area contributed by atoms with Crippen molar-refractivity contribution < 1.29 is 14.3 Å². The van der Waals surface area contributed by atoms with Gasteiger partial charge >= 0.3 is 0 Å². The van der Waals surface area contributed by atoms with Gasteiger partial charge in [-0.1, -0.05) is 29.7 Å². The summed E-state index contributed by atoms with van der Waals surface area (Å²) < 4.78 is 5.40. The van der Waals surface area contributed by atoms with Crippen molar-refractivity contribution in [3.63, 3.8) is 0 Å². The molecule has 2 aromatic carbocycles. The summed E-state index contributed by atoms with van der Waals surface area (Å²) in [5.41, 5.74) is 1.65. The van der Waals surface area contributed by atoms with E-state index in [4.69, 9.17) is 28.2 Å². The second kappa shape index (κ2) is 10.5. The van der Waals surface area contributed by atoms with Crippen LogP contribution in [0.4, 0.5) is 11.5 Å². The van der Waals surface area contributed by atoms with Crippen LogP contribution in [0.3, 0.4) is 0 Å². The summed E-state index contributed by atoms with van der Waals surface area (Å²) in [4.78, 5) is 31.8. The molecule has 0 unspecified atom stereocenters. The molecule has 172 valence electrons. The Morgan fingerprint density at radius 3 is 2.29 bits per heavy atom. The van der Waals surface area contributed by atoms with Gasteiger partial charge in [-0.05, 0) is 36.4 Å². The molecule has 9 heteroatoms. The summed E-state index contributed by atoms with van der Waals surface area (Å²) in [6.45, 7) is 0. The van der Waals surface area contributed by atoms with Crippen molar-refractivity contribution in [1.29, 1.82) is 5.41 Å². The Balaban J connectivity index is 1.94. The lowest BCUT2D eigenvalue weighted by molar-refractivity contribution is 0.102. The molecule has 0 aliphatic rings. The Kier molecular flexibility index (Phi) is 7.51. The van der Waals surface area contributed by atoms with Crippen LogP contribution in [0.25, 0.3) is 0 Å². The van der Waals surface area contributed by atoms with Crippen LogP contribution in [-0.4, -0.2) is 48.7 Å². The van der Waals surface area contributed by atoms with E-state index < -0.39 is 11.8 Å². The molecule has 1 heterocycles. The molecular formula is C25H22ClN5O3. The molecule has 34 heavy (non-hydrogen) atoms. The van der Waals surface area contributed by atoms with Crippen LogP contribution in [0.1, 0.15) is 31.8 Å². The molecular weight excluding hydrogens is 454 g/mol. The number of carbonyl (C=O) groups excluding carboxylic acids is 2. The van der Waals surface area contributed by atoms with Gasteiger partial charge in [0.05, 0.1) is 23.4 Å². The number of hydrogen-bond donors (Lipinski definition) is 3. The monoisotopic (exact) mass is 475 g/mol. The molecule has 0 aliphatic heterocycles. The number of amidine groups is 1. The fourth-order valence-electron chi connectivity index (χ4n) is 3.02. The number of carbonyl (C=O) groups is 2. The number of rotatable bonds is 6. The molecule has 3 N–H and O–H groups in total. The van der Waals surface area contributed by atoms with Gasteiger partial charge in [0.15, 0.2) is 0 Å². The number of nitrogens with zero attached hydrogens (tertiary/aromatic N) is 2. The number of hydrogen-bond acceptors (Lipinski definition) is 5. The van der Waals surface area contributed by atoms with E-state index in [0.29, 0.717) is 27.5 Å². The minimum atomic E-state index is -0.546. The number of amides is 2. The topological polar surface area (TPSA) is 107 Å². The zero-order valence-corrected chi connectivity index (χ0v) is 19.5. The maximum atomic E-state index is 13.1. The molecule has 0 spiro atoms. The molecule has 0 atom stereocenters. The highest BCUT2D eigenvalue weighted by Crippen LogP contribution is 2.31. The molecule has 0 bridgehead atoms. The van der Waals surface area contributed by atoms with Crippen LogP contribution in [0.15, 0.2) is 54.7 Å². The summed E-state index contributed by atoms with van der Waals surface area (Å²) in [7, 11) is 4.94. The SMILES string of the molecule is C#Cc1cc(OC)c(NC(=O)c2ccc(C(=N)N(C)C)cc2)c(C(=O)Nc2ccc(Cl)cn2)c1. The first-order chi connectivity index (χ1) is 16.2. The molecule has 0 radical (unpaired) electrons. The molecule has 0 saturated carbocycles. The molecule has 2 amide bonds. The summed E-state index contributed by atoms with van der Waals surface area (Å²) >= 11 is 5.85. The van der Waals surface area contributed by atoms with E-state index in [1.807, 2.05) is 0 Å². The van der Waals surface area contributed by atoms with Gasteiger partial charge in [-0.2, -0.15) is 0 Å². The highest BCUT2D eigenvalue weighted by atomic mass is 35.5. The van der Waals surface area contributed by atoms with Crippen LogP contribution in [0, 0.1) is 17.8 Å². The molecule has 0 saturated heterocycles. The number of ether oxygens (including phenoxy) is 1. The maximum Gasteiger partial charge on any atom is 0.259 e. The van der Waals surface area contributed by atoms with Crippen molar-refractivity contribution in [3.8, 4) is 18.1 Å². The van der Waals surface area contributed by atoms with Crippen molar-refractivity contribution in [2.75, 3.05) is 31.8 Å². The van der Waals surface area contributed by atoms with Crippen molar-refractivity contribution in [2.24, 2.45) is 0 Å². The maximum absolute atomic E-state index is 13.1. The predicted molar refractivity (Wildman–Crippen MR) is 133 cm³/mol. The van der Waals surface area contributed by atoms with Crippen molar-refractivity contribution in [2.45, 2.75) is 0 Å². The quantitative estimate of drug-likeness (QED) is 0.282. The zero-order valence-electron chi connectivity index (χ0n) is 18.8. The third-order valence-corrected chi connectivity index (χ3v) is 5.03. The Morgan fingerprint density at radius 2 is 1.74 bits per heavy atom. The summed E-state index contributed by atoms with van der Waals surface area (Å²) in [6.07, 6.45) is 6.94. The first-order valence-corrected chi connectivity index (χ1v) is 10.4. The molecule has 0 fully saturated rings. The Labute approximate surface area is 202 Å². The average molecular weight is 476 g/mol. The molecule has 0 aliphatic carbocycles. The fourth-order valence-corrected chi connectivity index (χ4v) is 3.14. The van der Waals surface area contributed by atoms with Gasteiger partial charge in [-0.25, -0.2) is 4.98 Å². The van der Waals surface area contributed by atoms with Crippen LogP contribution in [0.2, 0.25) is 5.02 Å². The number of terminal acetylenes is 1. The highest BCUT2D eigenvalue weighted by Gasteiger charge is 2.21. The summed E-state index contributed by atoms with van der Waals surface area (Å²) in [5, 5.41) is 13.9. The van der Waals surface area contributed by atoms with Gasteiger partial charge in [-0.15, -0.1) is 6.42 Å². The molecule has 1 aromatic heterocycles. The van der Waals surface area contributed by atoms with Gasteiger partial charge in [0.2, 0.25) is 0 Å². The lowest BCUT2D eigenvalue weighted by Gasteiger charge is -2.16. The standard InChI is InChI=1S/C25H22ClN5O3/c1-5-15-12-19(25(33)29-21-11-10-18(26)14-28-21)22(20(13-15)34-4)30-24(32)17-8-6-16(7-9-17)23(27)31(2)3/h1,6-14,27H,2-4H3,(H,30,32)(H,28,29,33). The molecule has 3 rings (SSSR count). The first kappa shape index (κ1) is 24.3. The van der Waals surface area contributed by atoms with Crippen molar-refractivity contribution in [3.05, 3.63) is 82.0 Å². The van der Waals surface area contributed by atoms with E-state index in [0.717, 1.165) is 0 Å². The third kappa shape index (κ3) is 5.52. The predicted octanol–water partition coefficient (Wildman–Crippen LogP) is 4.12. The van der Waals surface area contributed by atoms with Crippen molar-refractivity contribution >= 4 is 40.8 Å². The Morgan fingerprint density at radius 1 is 1.06 bits per heavy atom. The van der Waals surface area contributed by atoms with E-state index >= 15 is 0 Å². The van der Waals surface area contributed by atoms with Gasteiger partial charge in [0.1, 0.15) is 17.4 Å². The van der Waals surface area contributed by atoms with Gasteiger partial charge in [-0.3, -0.25) is 15.0 Å². The minimum Gasteiger partial charge on any atom is -0.495 e. The van der Waals surface area contributed by atoms with Crippen LogP contribution in [0.5, 0.6) is 5.75 Å². The van der Waals surface area contributed by atoms with E-state index in [1.54, 1.807) is 61.5 Å². The van der Waals surface area contributed by atoms with Gasteiger partial charge < -0.3 is 20.3 Å². The van der Waals surface area contributed by atoms with E-state index in [-0.39, 0.29) is 22.8 Å². The second-order valence-electron chi connectivity index (χ2n) is 7.34. The largest absolute Gasteiger partial charge is 0.495 e. The van der Waals surface area contributed by atoms with Crippen LogP contribution in [-0.2, 0) is 0 Å². The second-order valence-corrected chi connectivity index (χ2v) is 7.77. The Bertz CT molecular complexity index is 1280.